The molecule has 0 radical (unpaired) electrons. The second kappa shape index (κ2) is 9.49. The number of rotatable bonds is 6. The van der Waals surface area contributed by atoms with E-state index in [0.29, 0.717) is 22.3 Å². The summed E-state index contributed by atoms with van der Waals surface area (Å²) in [6.45, 7) is 3.40. The topological polar surface area (TPSA) is 118 Å². The monoisotopic (exact) mass is 500 g/mol. The summed E-state index contributed by atoms with van der Waals surface area (Å²) < 4.78 is 49.6. The normalized spacial score (nSPS) is 14.8. The van der Waals surface area contributed by atoms with Crippen molar-refractivity contribution < 1.29 is 22.6 Å². The van der Waals surface area contributed by atoms with Crippen LogP contribution in [0.3, 0.4) is 0 Å². The van der Waals surface area contributed by atoms with Crippen molar-refractivity contribution in [2.45, 2.75) is 13.0 Å². The van der Waals surface area contributed by atoms with Crippen molar-refractivity contribution in [3.63, 3.8) is 0 Å². The highest BCUT2D eigenvalue weighted by molar-refractivity contribution is 5.79. The predicted molar refractivity (Wildman–Crippen MR) is 126 cm³/mol. The molecular weight excluding hydrogens is 477 g/mol. The van der Waals surface area contributed by atoms with Gasteiger partial charge in [0, 0.05) is 49.6 Å². The Labute approximate surface area is 203 Å². The van der Waals surface area contributed by atoms with E-state index in [1.54, 1.807) is 12.3 Å². The molecule has 1 fully saturated rings. The number of anilines is 2. The fraction of sp³-hybridized carbons (Fsp3) is 0.304. The first-order valence-corrected chi connectivity index (χ1v) is 11.1. The summed E-state index contributed by atoms with van der Waals surface area (Å²) in [7, 11) is 2.07. The molecule has 0 saturated carbocycles. The van der Waals surface area contributed by atoms with Crippen molar-refractivity contribution in [2.75, 3.05) is 43.9 Å². The van der Waals surface area contributed by atoms with Crippen LogP contribution in [0.4, 0.5) is 24.8 Å². The zero-order valence-corrected chi connectivity index (χ0v) is 19.3. The molecular formula is C23H23F3N8O2. The molecule has 0 bridgehead atoms. The molecule has 0 amide bonds. The number of nitrogens with one attached hydrogen (secondary N) is 1. The van der Waals surface area contributed by atoms with Gasteiger partial charge in [-0.1, -0.05) is 17.3 Å². The number of halogens is 3. The summed E-state index contributed by atoms with van der Waals surface area (Å²) in [5, 5.41) is 10.1. The molecule has 0 unspecified atom stereocenters. The quantitative estimate of drug-likeness (QED) is 0.411. The van der Waals surface area contributed by atoms with E-state index in [-0.39, 0.29) is 29.5 Å². The molecule has 1 saturated heterocycles. The smallest absolute Gasteiger partial charge is 0.486 e. The lowest BCUT2D eigenvalue weighted by molar-refractivity contribution is -0.275. The summed E-state index contributed by atoms with van der Waals surface area (Å²) in [5.41, 5.74) is 7.76. The number of benzene rings is 1. The number of nitrogens with two attached hydrogens (primary N) is 1. The number of piperazine rings is 1. The Kier molecular flexibility index (Phi) is 6.22. The minimum Gasteiger partial charge on any atom is -0.486 e. The van der Waals surface area contributed by atoms with Crippen molar-refractivity contribution in [3.05, 3.63) is 48.2 Å². The Hall–Kier alpha value is -4.13. The highest BCUT2D eigenvalue weighted by Crippen LogP contribution is 2.33. The average molecular weight is 500 g/mol. The first kappa shape index (κ1) is 23.6. The average Bonchev–Trinajstić information content (AvgIpc) is 3.31. The van der Waals surface area contributed by atoms with Gasteiger partial charge < -0.3 is 25.0 Å². The lowest BCUT2D eigenvalue weighted by Crippen LogP contribution is -2.44. The van der Waals surface area contributed by atoms with Crippen LogP contribution in [0.25, 0.3) is 22.3 Å². The van der Waals surface area contributed by atoms with Crippen LogP contribution in [-0.2, 0) is 6.61 Å². The number of aromatic nitrogens is 5. The molecule has 4 heterocycles. The van der Waals surface area contributed by atoms with Crippen molar-refractivity contribution >= 4 is 22.8 Å². The van der Waals surface area contributed by atoms with Gasteiger partial charge in [0.25, 0.3) is 0 Å². The van der Waals surface area contributed by atoms with Gasteiger partial charge in [0.15, 0.2) is 16.9 Å². The van der Waals surface area contributed by atoms with E-state index >= 15 is 0 Å². The van der Waals surface area contributed by atoms with Crippen LogP contribution in [-0.4, -0.2) is 69.9 Å². The highest BCUT2D eigenvalue weighted by Gasteiger charge is 2.32. The first-order chi connectivity index (χ1) is 17.2. The van der Waals surface area contributed by atoms with E-state index in [0.717, 1.165) is 32.0 Å². The van der Waals surface area contributed by atoms with E-state index in [4.69, 9.17) is 10.5 Å². The van der Waals surface area contributed by atoms with Crippen molar-refractivity contribution in [1.29, 1.82) is 0 Å². The summed E-state index contributed by atoms with van der Waals surface area (Å²) in [4.78, 5) is 13.0. The summed E-state index contributed by atoms with van der Waals surface area (Å²) in [6, 6.07) is 9.68. The summed E-state index contributed by atoms with van der Waals surface area (Å²) >= 11 is 0. The number of hydrogen-bond acceptors (Lipinski definition) is 9. The molecule has 1 aliphatic heterocycles. The number of aromatic amines is 1. The molecule has 4 aromatic rings. The SMILES string of the molecule is CN1CCN(c2ccc(-c3ccc(COc4cc(N)nc5[nH]nnc45)c(OC(F)(F)F)c3)cn2)CC1. The van der Waals surface area contributed by atoms with Crippen molar-refractivity contribution in [3.8, 4) is 22.6 Å². The number of pyridine rings is 2. The minimum absolute atomic E-state index is 0.151. The van der Waals surface area contributed by atoms with Crippen molar-refractivity contribution in [2.24, 2.45) is 0 Å². The molecule has 5 rings (SSSR count). The Bertz CT molecular complexity index is 1350. The van der Waals surface area contributed by atoms with Crippen LogP contribution in [0.2, 0.25) is 0 Å². The zero-order valence-electron chi connectivity index (χ0n) is 19.3. The fourth-order valence-corrected chi connectivity index (χ4v) is 3.95. The second-order valence-electron chi connectivity index (χ2n) is 8.41. The molecule has 10 nitrogen and oxygen atoms in total. The van der Waals surface area contributed by atoms with Crippen LogP contribution >= 0.6 is 0 Å². The second-order valence-corrected chi connectivity index (χ2v) is 8.41. The minimum atomic E-state index is -4.88. The maximum absolute atomic E-state index is 13.2. The molecule has 3 aromatic heterocycles. The van der Waals surface area contributed by atoms with Crippen LogP contribution in [0.1, 0.15) is 5.56 Å². The molecule has 3 N–H and O–H groups in total. The standard InChI is InChI=1S/C23H23F3N8O2/c1-33-6-8-34(9-7-33)20-5-4-15(12-28-20)14-2-3-16(17(10-14)36-23(24,25)26)13-35-18-11-19(27)29-22-21(18)30-32-31-22/h2-5,10-12H,6-9,13H2,1H3,(H3,27,29,30,31,32). The molecule has 13 heteroatoms. The van der Waals surface area contributed by atoms with Gasteiger partial charge in [-0.25, -0.2) is 15.1 Å². The number of ether oxygens (including phenoxy) is 2. The van der Waals surface area contributed by atoms with Gasteiger partial charge in [-0.3, -0.25) is 0 Å². The summed E-state index contributed by atoms with van der Waals surface area (Å²) in [6.07, 6.45) is -3.23. The number of alkyl halides is 3. The Balaban J connectivity index is 1.38. The molecule has 0 atom stereocenters. The Morgan fingerprint density at radius 2 is 1.81 bits per heavy atom. The molecule has 0 aliphatic carbocycles. The van der Waals surface area contributed by atoms with Gasteiger partial charge >= 0.3 is 6.36 Å². The lowest BCUT2D eigenvalue weighted by Gasteiger charge is -2.33. The zero-order chi connectivity index (χ0) is 25.3. The van der Waals surface area contributed by atoms with Gasteiger partial charge in [0.1, 0.15) is 24.0 Å². The number of fused-ring (bicyclic) bond motifs is 1. The van der Waals surface area contributed by atoms with E-state index in [9.17, 15) is 13.2 Å². The van der Waals surface area contributed by atoms with Crippen LogP contribution in [0.15, 0.2) is 42.6 Å². The van der Waals surface area contributed by atoms with Crippen LogP contribution in [0.5, 0.6) is 11.5 Å². The first-order valence-electron chi connectivity index (χ1n) is 11.1. The van der Waals surface area contributed by atoms with Gasteiger partial charge in [0.2, 0.25) is 0 Å². The molecule has 36 heavy (non-hydrogen) atoms. The van der Waals surface area contributed by atoms with Gasteiger partial charge in [-0.05, 0) is 30.8 Å². The maximum atomic E-state index is 13.2. The van der Waals surface area contributed by atoms with E-state index in [2.05, 4.69) is 47.0 Å². The molecule has 0 spiro atoms. The predicted octanol–water partition coefficient (Wildman–Crippen LogP) is 3.23. The van der Waals surface area contributed by atoms with Crippen LogP contribution in [0, 0.1) is 0 Å². The number of hydrogen-bond donors (Lipinski definition) is 2. The van der Waals surface area contributed by atoms with E-state index in [1.807, 2.05) is 12.1 Å². The highest BCUT2D eigenvalue weighted by atomic mass is 19.4. The van der Waals surface area contributed by atoms with Crippen LogP contribution < -0.4 is 20.1 Å². The number of H-pyrrole nitrogens is 1. The van der Waals surface area contributed by atoms with E-state index in [1.165, 1.54) is 18.2 Å². The lowest BCUT2D eigenvalue weighted by atomic mass is 10.0. The number of nitrogen functional groups attached to an aromatic ring is 1. The molecule has 188 valence electrons. The third-order valence-corrected chi connectivity index (χ3v) is 5.87. The summed E-state index contributed by atoms with van der Waals surface area (Å²) in [5.74, 6) is 0.844. The largest absolute Gasteiger partial charge is 0.573 e. The number of likely N-dealkylation sites (N-methyl/N-ethyl adjacent to an activating group) is 1. The maximum Gasteiger partial charge on any atom is 0.573 e. The van der Waals surface area contributed by atoms with Gasteiger partial charge in [-0.15, -0.1) is 18.3 Å². The third-order valence-electron chi connectivity index (χ3n) is 5.87. The van der Waals surface area contributed by atoms with Gasteiger partial charge in [-0.2, -0.15) is 0 Å². The van der Waals surface area contributed by atoms with Gasteiger partial charge in [0.05, 0.1) is 0 Å². The molecule has 1 aliphatic rings. The van der Waals surface area contributed by atoms with E-state index < -0.39 is 6.36 Å². The Morgan fingerprint density at radius 1 is 1.03 bits per heavy atom. The van der Waals surface area contributed by atoms with Crippen molar-refractivity contribution in [1.82, 2.24) is 30.3 Å². The third kappa shape index (κ3) is 5.25. The fourth-order valence-electron chi connectivity index (χ4n) is 3.95. The Morgan fingerprint density at radius 3 is 2.53 bits per heavy atom. The molecule has 1 aromatic carbocycles. The number of nitrogens with zero attached hydrogens (tertiary/aromatic N) is 6.